The standard InChI is InChI=1S/C23H25N5O3/c24-22-21-23(26-15-25-22)28(16-27-21)17-30-14-20(31-12-19-9-5-2-6-10-19)13-29-11-18-7-3-1-4-8-18/h1-10,15-16,20H,11-14,17H2,(H2,24,25,26). The van der Waals surface area contributed by atoms with Crippen LogP contribution in [0.1, 0.15) is 11.1 Å². The highest BCUT2D eigenvalue weighted by Gasteiger charge is 2.13. The lowest BCUT2D eigenvalue weighted by atomic mass is 10.2. The molecule has 8 heteroatoms. The number of nitrogens with two attached hydrogens (primary N) is 1. The van der Waals surface area contributed by atoms with E-state index in [1.54, 1.807) is 10.9 Å². The molecule has 2 aromatic heterocycles. The van der Waals surface area contributed by atoms with Gasteiger partial charge in [0.25, 0.3) is 0 Å². The normalized spacial score (nSPS) is 12.3. The number of benzene rings is 2. The number of imidazole rings is 1. The van der Waals surface area contributed by atoms with Crippen molar-refractivity contribution in [2.75, 3.05) is 18.9 Å². The molecule has 0 bridgehead atoms. The minimum absolute atomic E-state index is 0.224. The molecule has 0 amide bonds. The van der Waals surface area contributed by atoms with Gasteiger partial charge >= 0.3 is 0 Å². The van der Waals surface area contributed by atoms with Gasteiger partial charge in [-0.25, -0.2) is 15.0 Å². The van der Waals surface area contributed by atoms with E-state index in [2.05, 4.69) is 15.0 Å². The van der Waals surface area contributed by atoms with E-state index in [0.29, 0.717) is 43.4 Å². The van der Waals surface area contributed by atoms with Gasteiger partial charge in [0, 0.05) is 0 Å². The largest absolute Gasteiger partial charge is 0.382 e. The Kier molecular flexibility index (Phi) is 7.17. The quantitative estimate of drug-likeness (QED) is 0.399. The Morgan fingerprint density at radius 3 is 2.23 bits per heavy atom. The monoisotopic (exact) mass is 419 g/mol. The van der Waals surface area contributed by atoms with E-state index in [1.807, 2.05) is 60.7 Å². The Morgan fingerprint density at radius 1 is 0.806 bits per heavy atom. The summed E-state index contributed by atoms with van der Waals surface area (Å²) in [4.78, 5) is 12.4. The zero-order chi connectivity index (χ0) is 21.3. The van der Waals surface area contributed by atoms with E-state index in [0.717, 1.165) is 11.1 Å². The molecule has 0 fully saturated rings. The van der Waals surface area contributed by atoms with Crippen LogP contribution in [0.2, 0.25) is 0 Å². The van der Waals surface area contributed by atoms with Gasteiger partial charge in [-0.2, -0.15) is 0 Å². The van der Waals surface area contributed by atoms with Crippen molar-refractivity contribution in [1.29, 1.82) is 0 Å². The molecular weight excluding hydrogens is 394 g/mol. The maximum Gasteiger partial charge on any atom is 0.167 e. The lowest BCUT2D eigenvalue weighted by Crippen LogP contribution is -2.26. The molecule has 8 nitrogen and oxygen atoms in total. The summed E-state index contributed by atoms with van der Waals surface area (Å²) in [5, 5.41) is 0. The summed E-state index contributed by atoms with van der Waals surface area (Å²) in [5.74, 6) is 0.349. The molecule has 1 unspecified atom stereocenters. The average molecular weight is 419 g/mol. The van der Waals surface area contributed by atoms with Crippen molar-refractivity contribution < 1.29 is 14.2 Å². The Labute approximate surface area is 180 Å². The summed E-state index contributed by atoms with van der Waals surface area (Å²) < 4.78 is 19.6. The number of ether oxygens (including phenoxy) is 3. The van der Waals surface area contributed by atoms with Crippen molar-refractivity contribution in [3.05, 3.63) is 84.4 Å². The molecule has 1 atom stereocenters. The van der Waals surface area contributed by atoms with Crippen LogP contribution in [0.4, 0.5) is 5.82 Å². The predicted molar refractivity (Wildman–Crippen MR) is 117 cm³/mol. The summed E-state index contributed by atoms with van der Waals surface area (Å²) >= 11 is 0. The third kappa shape index (κ3) is 5.85. The van der Waals surface area contributed by atoms with Gasteiger partial charge in [-0.3, -0.25) is 4.57 Å². The molecule has 0 aliphatic carbocycles. The first-order chi connectivity index (χ1) is 15.3. The summed E-state index contributed by atoms with van der Waals surface area (Å²) in [5.41, 5.74) is 9.26. The number of fused-ring (bicyclic) bond motifs is 1. The van der Waals surface area contributed by atoms with Gasteiger partial charge in [0.15, 0.2) is 11.5 Å². The van der Waals surface area contributed by atoms with E-state index in [4.69, 9.17) is 19.9 Å². The number of nitrogens with zero attached hydrogens (tertiary/aromatic N) is 4. The zero-order valence-electron chi connectivity index (χ0n) is 17.1. The molecule has 0 saturated heterocycles. The second-order valence-electron chi connectivity index (χ2n) is 7.06. The van der Waals surface area contributed by atoms with Crippen LogP contribution >= 0.6 is 0 Å². The minimum atomic E-state index is -0.224. The number of anilines is 1. The molecule has 2 heterocycles. The Morgan fingerprint density at radius 2 is 1.48 bits per heavy atom. The van der Waals surface area contributed by atoms with E-state index >= 15 is 0 Å². The number of rotatable bonds is 11. The Balaban J connectivity index is 1.32. The molecule has 4 aromatic rings. The Bertz CT molecular complexity index is 1070. The Hall–Kier alpha value is -3.33. The smallest absolute Gasteiger partial charge is 0.167 e. The van der Waals surface area contributed by atoms with Crippen LogP contribution in [0, 0.1) is 0 Å². The highest BCUT2D eigenvalue weighted by atomic mass is 16.6. The second-order valence-corrected chi connectivity index (χ2v) is 7.06. The topological polar surface area (TPSA) is 97.3 Å². The number of hydrogen-bond donors (Lipinski definition) is 1. The first-order valence-corrected chi connectivity index (χ1v) is 10.1. The second kappa shape index (κ2) is 10.6. The molecule has 2 N–H and O–H groups in total. The number of aromatic nitrogens is 4. The number of nitrogen functional groups attached to an aromatic ring is 1. The van der Waals surface area contributed by atoms with Gasteiger partial charge in [-0.1, -0.05) is 60.7 Å². The molecule has 4 rings (SSSR count). The van der Waals surface area contributed by atoms with Crippen LogP contribution in [-0.2, 0) is 34.2 Å². The highest BCUT2D eigenvalue weighted by Crippen LogP contribution is 2.14. The van der Waals surface area contributed by atoms with Crippen LogP contribution in [0.5, 0.6) is 0 Å². The summed E-state index contributed by atoms with van der Waals surface area (Å²) in [7, 11) is 0. The van der Waals surface area contributed by atoms with Crippen LogP contribution < -0.4 is 5.73 Å². The van der Waals surface area contributed by atoms with E-state index in [-0.39, 0.29) is 12.8 Å². The molecular formula is C23H25N5O3. The van der Waals surface area contributed by atoms with E-state index in [9.17, 15) is 0 Å². The average Bonchev–Trinajstić information content (AvgIpc) is 3.23. The predicted octanol–water partition coefficient (Wildman–Crippen LogP) is 3.18. The first-order valence-electron chi connectivity index (χ1n) is 10.1. The third-order valence-electron chi connectivity index (χ3n) is 4.71. The molecule has 160 valence electrons. The van der Waals surface area contributed by atoms with E-state index in [1.165, 1.54) is 6.33 Å². The lowest BCUT2D eigenvalue weighted by molar-refractivity contribution is -0.0801. The van der Waals surface area contributed by atoms with Gasteiger partial charge in [-0.05, 0) is 11.1 Å². The highest BCUT2D eigenvalue weighted by molar-refractivity contribution is 5.80. The van der Waals surface area contributed by atoms with Gasteiger partial charge < -0.3 is 19.9 Å². The van der Waals surface area contributed by atoms with E-state index < -0.39 is 0 Å². The fourth-order valence-electron chi connectivity index (χ4n) is 3.09. The SMILES string of the molecule is Nc1ncnc2c1ncn2COCC(COCc1ccccc1)OCc1ccccc1. The first kappa shape index (κ1) is 20.9. The van der Waals surface area contributed by atoms with Gasteiger partial charge in [0.2, 0.25) is 0 Å². The molecule has 2 aromatic carbocycles. The van der Waals surface area contributed by atoms with Crippen molar-refractivity contribution in [3.8, 4) is 0 Å². The molecule has 0 spiro atoms. The minimum Gasteiger partial charge on any atom is -0.382 e. The molecule has 0 saturated carbocycles. The fraction of sp³-hybridized carbons (Fsp3) is 0.261. The maximum absolute atomic E-state index is 6.07. The molecule has 31 heavy (non-hydrogen) atoms. The van der Waals surface area contributed by atoms with Crippen molar-refractivity contribution in [2.24, 2.45) is 0 Å². The summed E-state index contributed by atoms with van der Waals surface area (Å²) in [6, 6.07) is 20.1. The zero-order valence-corrected chi connectivity index (χ0v) is 17.1. The summed E-state index contributed by atoms with van der Waals surface area (Å²) in [6.45, 7) is 2.07. The number of hydrogen-bond acceptors (Lipinski definition) is 7. The summed E-state index contributed by atoms with van der Waals surface area (Å²) in [6.07, 6.45) is 2.83. The van der Waals surface area contributed by atoms with Crippen LogP contribution in [0.25, 0.3) is 11.2 Å². The van der Waals surface area contributed by atoms with Crippen molar-refractivity contribution in [3.63, 3.8) is 0 Å². The molecule has 0 aliphatic rings. The van der Waals surface area contributed by atoms with Crippen molar-refractivity contribution in [1.82, 2.24) is 19.5 Å². The van der Waals surface area contributed by atoms with Gasteiger partial charge in [-0.15, -0.1) is 0 Å². The molecule has 0 radical (unpaired) electrons. The maximum atomic E-state index is 6.07. The van der Waals surface area contributed by atoms with Gasteiger partial charge in [0.1, 0.15) is 24.7 Å². The van der Waals surface area contributed by atoms with Crippen LogP contribution in [-0.4, -0.2) is 38.8 Å². The lowest BCUT2D eigenvalue weighted by Gasteiger charge is -2.19. The molecule has 0 aliphatic heterocycles. The third-order valence-corrected chi connectivity index (χ3v) is 4.71. The van der Waals surface area contributed by atoms with Crippen LogP contribution in [0.15, 0.2) is 73.3 Å². The van der Waals surface area contributed by atoms with Crippen LogP contribution in [0.3, 0.4) is 0 Å². The fourth-order valence-corrected chi connectivity index (χ4v) is 3.09. The van der Waals surface area contributed by atoms with Crippen molar-refractivity contribution >= 4 is 17.0 Å². The van der Waals surface area contributed by atoms with Crippen molar-refractivity contribution in [2.45, 2.75) is 26.0 Å². The van der Waals surface area contributed by atoms with Gasteiger partial charge in [0.05, 0.1) is 32.8 Å².